The minimum atomic E-state index is -0.389. The van der Waals surface area contributed by atoms with Crippen molar-refractivity contribution in [2.45, 2.75) is 19.4 Å². The summed E-state index contributed by atoms with van der Waals surface area (Å²) >= 11 is 0. The molecule has 0 spiro atoms. The second-order valence-corrected chi connectivity index (χ2v) is 5.52. The Kier molecular flexibility index (Phi) is 4.90. The third-order valence-corrected chi connectivity index (χ3v) is 3.86. The number of carbonyl (C=O) groups excluding carboxylic acids is 2. The SMILES string of the molecule is O=C(CCNC(=O)c1ccco1)Nc1ccc2c(c1F)CCNC2. The van der Waals surface area contributed by atoms with Gasteiger partial charge in [0.1, 0.15) is 5.82 Å². The number of carbonyl (C=O) groups is 2. The number of hydrogen-bond donors (Lipinski definition) is 3. The van der Waals surface area contributed by atoms with Crippen molar-refractivity contribution in [2.75, 3.05) is 18.4 Å². The number of amides is 2. The van der Waals surface area contributed by atoms with Crippen LogP contribution in [0.5, 0.6) is 0 Å². The molecule has 24 heavy (non-hydrogen) atoms. The highest BCUT2D eigenvalue weighted by molar-refractivity contribution is 5.93. The lowest BCUT2D eigenvalue weighted by Gasteiger charge is -2.19. The molecule has 2 heterocycles. The summed E-state index contributed by atoms with van der Waals surface area (Å²) in [7, 11) is 0. The average molecular weight is 331 g/mol. The fourth-order valence-corrected chi connectivity index (χ4v) is 2.63. The summed E-state index contributed by atoms with van der Waals surface area (Å²) in [5.41, 5.74) is 1.75. The maximum Gasteiger partial charge on any atom is 0.286 e. The van der Waals surface area contributed by atoms with E-state index in [2.05, 4.69) is 16.0 Å². The third kappa shape index (κ3) is 3.62. The molecule has 3 rings (SSSR count). The van der Waals surface area contributed by atoms with Gasteiger partial charge in [0.2, 0.25) is 5.91 Å². The molecule has 1 aromatic carbocycles. The Labute approximate surface area is 138 Å². The summed E-state index contributed by atoms with van der Waals surface area (Å²) in [4.78, 5) is 23.6. The van der Waals surface area contributed by atoms with E-state index < -0.39 is 0 Å². The summed E-state index contributed by atoms with van der Waals surface area (Å²) in [6.07, 6.45) is 2.05. The minimum Gasteiger partial charge on any atom is -0.459 e. The standard InChI is InChI=1S/C17H18FN3O3/c18-16-12-5-7-19-10-11(12)3-4-13(16)21-15(22)6-8-20-17(23)14-2-1-9-24-14/h1-4,9,19H,5-8,10H2,(H,20,23)(H,21,22). The zero-order valence-electron chi connectivity index (χ0n) is 13.0. The van der Waals surface area contributed by atoms with Gasteiger partial charge in [-0.3, -0.25) is 9.59 Å². The Morgan fingerprint density at radius 3 is 2.96 bits per heavy atom. The van der Waals surface area contributed by atoms with E-state index in [4.69, 9.17) is 4.42 Å². The van der Waals surface area contributed by atoms with Crippen LogP contribution in [0.4, 0.5) is 10.1 Å². The maximum absolute atomic E-state index is 14.4. The summed E-state index contributed by atoms with van der Waals surface area (Å²) in [5, 5.41) is 8.31. The zero-order chi connectivity index (χ0) is 16.9. The topological polar surface area (TPSA) is 83.4 Å². The van der Waals surface area contributed by atoms with Crippen molar-refractivity contribution in [3.63, 3.8) is 0 Å². The monoisotopic (exact) mass is 331 g/mol. The number of fused-ring (bicyclic) bond motifs is 1. The molecule has 0 radical (unpaired) electrons. The quantitative estimate of drug-likeness (QED) is 0.780. The number of nitrogens with one attached hydrogen (secondary N) is 3. The van der Waals surface area contributed by atoms with Crippen LogP contribution in [0.1, 0.15) is 28.1 Å². The Balaban J connectivity index is 1.53. The van der Waals surface area contributed by atoms with Crippen LogP contribution in [-0.2, 0) is 17.8 Å². The van der Waals surface area contributed by atoms with Crippen molar-refractivity contribution in [3.8, 4) is 0 Å². The van der Waals surface area contributed by atoms with Crippen LogP contribution in [-0.4, -0.2) is 24.9 Å². The Bertz CT molecular complexity index is 744. The molecule has 1 aromatic heterocycles. The number of benzene rings is 1. The van der Waals surface area contributed by atoms with Crippen molar-refractivity contribution in [1.29, 1.82) is 0 Å². The molecule has 126 valence electrons. The number of anilines is 1. The third-order valence-electron chi connectivity index (χ3n) is 3.86. The molecule has 7 heteroatoms. The van der Waals surface area contributed by atoms with Crippen LogP contribution in [0.15, 0.2) is 34.9 Å². The zero-order valence-corrected chi connectivity index (χ0v) is 13.0. The van der Waals surface area contributed by atoms with Gasteiger partial charge in [-0.2, -0.15) is 0 Å². The lowest BCUT2D eigenvalue weighted by molar-refractivity contribution is -0.116. The van der Waals surface area contributed by atoms with Gasteiger partial charge in [-0.15, -0.1) is 0 Å². The Morgan fingerprint density at radius 2 is 2.17 bits per heavy atom. The van der Waals surface area contributed by atoms with Gasteiger partial charge in [-0.25, -0.2) is 4.39 Å². The maximum atomic E-state index is 14.4. The van der Waals surface area contributed by atoms with Crippen LogP contribution >= 0.6 is 0 Å². The van der Waals surface area contributed by atoms with Crippen LogP contribution in [0, 0.1) is 5.82 Å². The molecule has 0 aliphatic carbocycles. The first kappa shape index (κ1) is 16.2. The highest BCUT2D eigenvalue weighted by Crippen LogP contribution is 2.24. The fourth-order valence-electron chi connectivity index (χ4n) is 2.63. The highest BCUT2D eigenvalue weighted by Gasteiger charge is 2.17. The number of halogens is 1. The first-order chi connectivity index (χ1) is 11.6. The molecule has 0 unspecified atom stereocenters. The van der Waals surface area contributed by atoms with Gasteiger partial charge in [-0.1, -0.05) is 6.07 Å². The lowest BCUT2D eigenvalue weighted by atomic mass is 9.99. The van der Waals surface area contributed by atoms with E-state index in [1.54, 1.807) is 12.1 Å². The predicted molar refractivity (Wildman–Crippen MR) is 86.1 cm³/mol. The Hall–Kier alpha value is -2.67. The van der Waals surface area contributed by atoms with Crippen molar-refractivity contribution >= 4 is 17.5 Å². The molecule has 0 bridgehead atoms. The van der Waals surface area contributed by atoms with Crippen molar-refractivity contribution in [2.24, 2.45) is 0 Å². The van der Waals surface area contributed by atoms with Gasteiger partial charge in [0.25, 0.3) is 5.91 Å². The lowest BCUT2D eigenvalue weighted by Crippen LogP contribution is -2.28. The van der Waals surface area contributed by atoms with Crippen LogP contribution in [0.2, 0.25) is 0 Å². The van der Waals surface area contributed by atoms with Gasteiger partial charge < -0.3 is 20.4 Å². The van der Waals surface area contributed by atoms with E-state index in [0.29, 0.717) is 18.5 Å². The highest BCUT2D eigenvalue weighted by atomic mass is 19.1. The fraction of sp³-hybridized carbons (Fsp3) is 0.294. The summed E-state index contributed by atoms with van der Waals surface area (Å²) in [5.74, 6) is -0.936. The van der Waals surface area contributed by atoms with Crippen LogP contribution in [0.25, 0.3) is 0 Å². The molecule has 1 aliphatic heterocycles. The Morgan fingerprint density at radius 1 is 1.29 bits per heavy atom. The molecular formula is C17H18FN3O3. The number of furan rings is 1. The van der Waals surface area contributed by atoms with E-state index in [9.17, 15) is 14.0 Å². The minimum absolute atomic E-state index is 0.0462. The van der Waals surface area contributed by atoms with E-state index in [0.717, 1.165) is 12.1 Å². The smallest absolute Gasteiger partial charge is 0.286 e. The van der Waals surface area contributed by atoms with Crippen molar-refractivity contribution in [1.82, 2.24) is 10.6 Å². The second kappa shape index (κ2) is 7.27. The summed E-state index contributed by atoms with van der Waals surface area (Å²) < 4.78 is 19.4. The van der Waals surface area contributed by atoms with Crippen molar-refractivity contribution < 1.29 is 18.4 Å². The number of hydrogen-bond acceptors (Lipinski definition) is 4. The first-order valence-electron chi connectivity index (χ1n) is 7.77. The van der Waals surface area contributed by atoms with E-state index in [1.807, 2.05) is 6.07 Å². The van der Waals surface area contributed by atoms with Crippen molar-refractivity contribution in [3.05, 3.63) is 53.2 Å². The molecule has 0 saturated heterocycles. The van der Waals surface area contributed by atoms with Gasteiger partial charge in [0.05, 0.1) is 12.0 Å². The molecule has 0 saturated carbocycles. The molecule has 3 N–H and O–H groups in total. The van der Waals surface area contributed by atoms with Gasteiger partial charge >= 0.3 is 0 Å². The second-order valence-electron chi connectivity index (χ2n) is 5.52. The predicted octanol–water partition coefficient (Wildman–Crippen LogP) is 1.82. The summed E-state index contributed by atoms with van der Waals surface area (Å²) in [6, 6.07) is 6.53. The van der Waals surface area contributed by atoms with Gasteiger partial charge in [0.15, 0.2) is 5.76 Å². The molecular weight excluding hydrogens is 313 g/mol. The normalized spacial score (nSPS) is 13.2. The van der Waals surface area contributed by atoms with E-state index in [-0.39, 0.29) is 42.0 Å². The van der Waals surface area contributed by atoms with Crippen LogP contribution in [0.3, 0.4) is 0 Å². The molecule has 2 aromatic rings. The molecule has 0 atom stereocenters. The van der Waals surface area contributed by atoms with E-state index >= 15 is 0 Å². The summed E-state index contributed by atoms with van der Waals surface area (Å²) in [6.45, 7) is 1.50. The molecule has 1 aliphatic rings. The molecule has 2 amide bonds. The molecule has 6 nitrogen and oxygen atoms in total. The van der Waals surface area contributed by atoms with Crippen LogP contribution < -0.4 is 16.0 Å². The van der Waals surface area contributed by atoms with Gasteiger partial charge in [-0.05, 0) is 42.3 Å². The van der Waals surface area contributed by atoms with Gasteiger partial charge in [0, 0.05) is 19.5 Å². The van der Waals surface area contributed by atoms with E-state index in [1.165, 1.54) is 12.3 Å². The first-order valence-corrected chi connectivity index (χ1v) is 7.77. The molecule has 0 fully saturated rings. The average Bonchev–Trinajstić information content (AvgIpc) is 3.12. The number of rotatable bonds is 5. The largest absolute Gasteiger partial charge is 0.459 e.